The van der Waals surface area contributed by atoms with Gasteiger partial charge in [0.2, 0.25) is 0 Å². The van der Waals surface area contributed by atoms with Gasteiger partial charge in [0.15, 0.2) is 11.8 Å². The van der Waals surface area contributed by atoms with Gasteiger partial charge in [-0.1, -0.05) is 20.8 Å². The number of rotatable bonds is 6. The minimum Gasteiger partial charge on any atom is -0.357 e. The summed E-state index contributed by atoms with van der Waals surface area (Å²) in [6.45, 7) is 13.6. The van der Waals surface area contributed by atoms with Crippen LogP contribution < -0.4 is 10.6 Å². The maximum absolute atomic E-state index is 4.69. The van der Waals surface area contributed by atoms with Crippen LogP contribution in [-0.2, 0) is 19.5 Å². The Kier molecular flexibility index (Phi) is 8.45. The van der Waals surface area contributed by atoms with Crippen molar-refractivity contribution < 1.29 is 0 Å². The molecule has 0 saturated heterocycles. The van der Waals surface area contributed by atoms with Crippen LogP contribution in [0.25, 0.3) is 0 Å². The van der Waals surface area contributed by atoms with Crippen molar-refractivity contribution in [1.82, 2.24) is 25.4 Å². The molecule has 0 fully saturated rings. The lowest BCUT2D eigenvalue weighted by atomic mass is 9.89. The summed E-state index contributed by atoms with van der Waals surface area (Å²) < 4.78 is 2.20. The lowest BCUT2D eigenvalue weighted by molar-refractivity contribution is 0.346. The van der Waals surface area contributed by atoms with Gasteiger partial charge in [0.05, 0.1) is 0 Å². The molecule has 1 aromatic heterocycles. The summed E-state index contributed by atoms with van der Waals surface area (Å²) in [6, 6.07) is 0.399. The minimum atomic E-state index is 0. The van der Waals surface area contributed by atoms with Crippen LogP contribution >= 0.6 is 24.0 Å². The Hall–Kier alpha value is -0.860. The number of fused-ring (bicyclic) bond motifs is 1. The molecule has 1 atom stereocenters. The number of aromatic nitrogens is 3. The van der Waals surface area contributed by atoms with Crippen molar-refractivity contribution in [2.75, 3.05) is 6.54 Å². The maximum Gasteiger partial charge on any atom is 0.191 e. The summed E-state index contributed by atoms with van der Waals surface area (Å²) >= 11 is 0. The smallest absolute Gasteiger partial charge is 0.191 e. The number of aryl methyl sites for hydroxylation is 1. The number of nitrogens with zero attached hydrogens (tertiary/aromatic N) is 4. The van der Waals surface area contributed by atoms with E-state index in [0.717, 1.165) is 43.5 Å². The molecular weight excluding hydrogens is 415 g/mol. The molecule has 1 aliphatic heterocycles. The van der Waals surface area contributed by atoms with Crippen molar-refractivity contribution >= 4 is 29.9 Å². The lowest BCUT2D eigenvalue weighted by Gasteiger charge is -2.23. The maximum atomic E-state index is 4.69. The van der Waals surface area contributed by atoms with Gasteiger partial charge in [-0.15, -0.1) is 34.2 Å². The van der Waals surface area contributed by atoms with E-state index in [1.807, 2.05) is 0 Å². The van der Waals surface area contributed by atoms with E-state index in [-0.39, 0.29) is 24.0 Å². The molecule has 138 valence electrons. The second-order valence-corrected chi connectivity index (χ2v) is 7.63. The number of hydrogen-bond acceptors (Lipinski definition) is 3. The molecule has 0 aromatic carbocycles. The van der Waals surface area contributed by atoms with E-state index in [2.05, 4.69) is 65.0 Å². The van der Waals surface area contributed by atoms with Crippen LogP contribution in [0.15, 0.2) is 4.99 Å². The largest absolute Gasteiger partial charge is 0.357 e. The van der Waals surface area contributed by atoms with Gasteiger partial charge in [0.1, 0.15) is 12.4 Å². The average Bonchev–Trinajstić information content (AvgIpc) is 3.06. The third kappa shape index (κ3) is 6.57. The molecule has 1 unspecified atom stereocenters. The molecule has 0 saturated carbocycles. The van der Waals surface area contributed by atoms with Gasteiger partial charge in [0.25, 0.3) is 0 Å². The fraction of sp³-hybridized carbons (Fsp3) is 0.824. The van der Waals surface area contributed by atoms with Crippen LogP contribution in [0.3, 0.4) is 0 Å². The Morgan fingerprint density at radius 1 is 1.33 bits per heavy atom. The summed E-state index contributed by atoms with van der Waals surface area (Å²) in [5, 5.41) is 15.3. The fourth-order valence-corrected chi connectivity index (χ4v) is 2.75. The molecule has 0 amide bonds. The van der Waals surface area contributed by atoms with Gasteiger partial charge in [-0.3, -0.25) is 0 Å². The second-order valence-electron chi connectivity index (χ2n) is 7.63. The summed E-state index contributed by atoms with van der Waals surface area (Å²) in [5.41, 5.74) is 0.369. The predicted molar refractivity (Wildman–Crippen MR) is 110 cm³/mol. The third-order valence-electron chi connectivity index (χ3n) is 4.12. The SMILES string of the molecule is CCNC(=NCc1nnc2n1CCC2)NC(C)CCC(C)(C)C.I. The normalized spacial score (nSPS) is 15.6. The summed E-state index contributed by atoms with van der Waals surface area (Å²) in [6.07, 6.45) is 4.54. The van der Waals surface area contributed by atoms with Gasteiger partial charge in [-0.05, 0) is 38.5 Å². The topological polar surface area (TPSA) is 67.1 Å². The molecule has 0 radical (unpaired) electrons. The number of nitrogens with one attached hydrogen (secondary N) is 2. The van der Waals surface area contributed by atoms with Crippen LogP contribution in [0.4, 0.5) is 0 Å². The Labute approximate surface area is 163 Å². The quantitative estimate of drug-likeness (QED) is 0.399. The highest BCUT2D eigenvalue weighted by Crippen LogP contribution is 2.21. The molecule has 1 aromatic rings. The predicted octanol–water partition coefficient (Wildman–Crippen LogP) is 3.11. The van der Waals surface area contributed by atoms with Crippen molar-refractivity contribution in [1.29, 1.82) is 0 Å². The van der Waals surface area contributed by atoms with E-state index < -0.39 is 0 Å². The molecule has 2 N–H and O–H groups in total. The van der Waals surface area contributed by atoms with Crippen LogP contribution in [0.5, 0.6) is 0 Å². The second kappa shape index (κ2) is 9.58. The van der Waals surface area contributed by atoms with Gasteiger partial charge in [-0.2, -0.15) is 0 Å². The molecule has 24 heavy (non-hydrogen) atoms. The summed E-state index contributed by atoms with van der Waals surface area (Å²) in [7, 11) is 0. The Balaban J connectivity index is 0.00000288. The van der Waals surface area contributed by atoms with E-state index in [9.17, 15) is 0 Å². The zero-order valence-electron chi connectivity index (χ0n) is 15.7. The van der Waals surface area contributed by atoms with E-state index in [0.29, 0.717) is 18.0 Å². The first kappa shape index (κ1) is 21.2. The fourth-order valence-electron chi connectivity index (χ4n) is 2.75. The highest BCUT2D eigenvalue weighted by atomic mass is 127. The van der Waals surface area contributed by atoms with E-state index in [1.165, 1.54) is 12.8 Å². The average molecular weight is 448 g/mol. The Morgan fingerprint density at radius 2 is 2.08 bits per heavy atom. The van der Waals surface area contributed by atoms with Crippen LogP contribution in [-0.4, -0.2) is 33.3 Å². The zero-order chi connectivity index (χ0) is 16.9. The summed E-state index contributed by atoms with van der Waals surface area (Å²) in [5.74, 6) is 2.94. The van der Waals surface area contributed by atoms with Crippen molar-refractivity contribution in [3.05, 3.63) is 11.6 Å². The van der Waals surface area contributed by atoms with Gasteiger partial charge < -0.3 is 15.2 Å². The van der Waals surface area contributed by atoms with E-state index >= 15 is 0 Å². The van der Waals surface area contributed by atoms with Crippen LogP contribution in [0.1, 0.15) is 65.5 Å². The lowest BCUT2D eigenvalue weighted by Crippen LogP contribution is -2.42. The van der Waals surface area contributed by atoms with Crippen LogP contribution in [0.2, 0.25) is 0 Å². The first-order valence-electron chi connectivity index (χ1n) is 8.85. The molecule has 0 spiro atoms. The molecule has 0 aliphatic carbocycles. The van der Waals surface area contributed by atoms with Crippen molar-refractivity contribution in [3.8, 4) is 0 Å². The van der Waals surface area contributed by atoms with Gasteiger partial charge in [-0.25, -0.2) is 4.99 Å². The monoisotopic (exact) mass is 448 g/mol. The molecule has 6 nitrogen and oxygen atoms in total. The molecule has 0 bridgehead atoms. The molecule has 2 heterocycles. The first-order chi connectivity index (χ1) is 10.9. The van der Waals surface area contributed by atoms with Crippen molar-refractivity contribution in [2.24, 2.45) is 10.4 Å². The number of halogens is 1. The van der Waals surface area contributed by atoms with E-state index in [4.69, 9.17) is 0 Å². The Morgan fingerprint density at radius 3 is 2.75 bits per heavy atom. The first-order valence-corrected chi connectivity index (χ1v) is 8.85. The molecule has 2 rings (SSSR count). The van der Waals surface area contributed by atoms with Gasteiger partial charge >= 0.3 is 0 Å². The number of hydrogen-bond donors (Lipinski definition) is 2. The number of aliphatic imine (C=N–C) groups is 1. The molecule has 1 aliphatic rings. The zero-order valence-corrected chi connectivity index (χ0v) is 18.1. The standard InChI is InChI=1S/C17H32N6.HI/c1-6-18-16(20-13(2)9-10-17(3,4)5)19-12-15-22-21-14-8-7-11-23(14)15;/h13H,6-12H2,1-5H3,(H2,18,19,20);1H. The summed E-state index contributed by atoms with van der Waals surface area (Å²) in [4.78, 5) is 4.69. The molecular formula is C17H33IN6. The van der Waals surface area contributed by atoms with Crippen molar-refractivity contribution in [2.45, 2.75) is 79.4 Å². The highest BCUT2D eigenvalue weighted by Gasteiger charge is 2.17. The van der Waals surface area contributed by atoms with Crippen molar-refractivity contribution in [3.63, 3.8) is 0 Å². The number of guanidine groups is 1. The van der Waals surface area contributed by atoms with Crippen LogP contribution in [0, 0.1) is 5.41 Å². The highest BCUT2D eigenvalue weighted by molar-refractivity contribution is 14.0. The minimum absolute atomic E-state index is 0. The molecule has 7 heteroatoms. The third-order valence-corrected chi connectivity index (χ3v) is 4.12. The van der Waals surface area contributed by atoms with E-state index in [1.54, 1.807) is 0 Å². The Bertz CT molecular complexity index is 532. The van der Waals surface area contributed by atoms with Gasteiger partial charge in [0, 0.05) is 25.6 Å².